The summed E-state index contributed by atoms with van der Waals surface area (Å²) in [5.41, 5.74) is -0.628. The summed E-state index contributed by atoms with van der Waals surface area (Å²) in [5.74, 6) is 0.533. The molecule has 2 aromatic heterocycles. The summed E-state index contributed by atoms with van der Waals surface area (Å²) in [4.78, 5) is 23.3. The standard InChI is InChI=1S/C19H20F3N3OS/c1-11-8-13(11)18(26)25-6-2-4-12(10-25)17-23-14(15-5-3-7-27-15)9-16(24-17)19(20,21)22/h3,5,7,9,11-13H,2,4,6,8,10H2,1H3/t11-,12+,13+/m1/s1. The van der Waals surface area contributed by atoms with Gasteiger partial charge in [-0.25, -0.2) is 9.97 Å². The summed E-state index contributed by atoms with van der Waals surface area (Å²) in [7, 11) is 0. The lowest BCUT2D eigenvalue weighted by Crippen LogP contribution is -2.40. The molecule has 0 N–H and O–H groups in total. The van der Waals surface area contributed by atoms with Crippen molar-refractivity contribution in [1.29, 1.82) is 0 Å². The molecule has 27 heavy (non-hydrogen) atoms. The first-order valence-electron chi connectivity index (χ1n) is 9.12. The first-order chi connectivity index (χ1) is 12.8. The molecule has 3 heterocycles. The average Bonchev–Trinajstić information content (AvgIpc) is 3.14. The lowest BCUT2D eigenvalue weighted by Gasteiger charge is -2.32. The molecule has 4 nitrogen and oxygen atoms in total. The topological polar surface area (TPSA) is 46.1 Å². The third-order valence-electron chi connectivity index (χ3n) is 5.33. The van der Waals surface area contributed by atoms with Crippen molar-refractivity contribution < 1.29 is 18.0 Å². The number of likely N-dealkylation sites (tertiary alicyclic amines) is 1. The molecule has 1 saturated carbocycles. The SMILES string of the molecule is C[C@@H]1C[C@@H]1C(=O)N1CCC[C@H](c2nc(-c3cccs3)cc(C(F)(F)F)n2)C1. The van der Waals surface area contributed by atoms with Crippen LogP contribution < -0.4 is 0 Å². The van der Waals surface area contributed by atoms with Crippen LogP contribution in [0, 0.1) is 11.8 Å². The predicted octanol–water partition coefficient (Wildman–Crippen LogP) is 4.59. The Morgan fingerprint density at radius 3 is 2.74 bits per heavy atom. The van der Waals surface area contributed by atoms with Crippen molar-refractivity contribution in [2.45, 2.75) is 38.3 Å². The highest BCUT2D eigenvalue weighted by Gasteiger charge is 2.43. The molecular formula is C19H20F3N3OS. The predicted molar refractivity (Wildman–Crippen MR) is 96.2 cm³/mol. The van der Waals surface area contributed by atoms with E-state index in [4.69, 9.17) is 0 Å². The number of alkyl halides is 3. The molecule has 2 aromatic rings. The molecule has 0 unspecified atom stereocenters. The smallest absolute Gasteiger partial charge is 0.342 e. The van der Waals surface area contributed by atoms with Crippen LogP contribution in [0.4, 0.5) is 13.2 Å². The molecule has 1 aliphatic carbocycles. The van der Waals surface area contributed by atoms with Gasteiger partial charge in [0.2, 0.25) is 5.91 Å². The molecule has 3 atom stereocenters. The molecule has 2 aliphatic rings. The van der Waals surface area contributed by atoms with E-state index < -0.39 is 11.9 Å². The second-order valence-electron chi connectivity index (χ2n) is 7.41. The highest BCUT2D eigenvalue weighted by molar-refractivity contribution is 7.13. The third-order valence-corrected chi connectivity index (χ3v) is 6.22. The van der Waals surface area contributed by atoms with Crippen LogP contribution in [0.5, 0.6) is 0 Å². The van der Waals surface area contributed by atoms with Gasteiger partial charge in [-0.05, 0) is 42.7 Å². The van der Waals surface area contributed by atoms with Gasteiger partial charge in [0.1, 0.15) is 11.5 Å². The van der Waals surface area contributed by atoms with E-state index in [1.165, 1.54) is 11.3 Å². The Morgan fingerprint density at radius 2 is 2.11 bits per heavy atom. The van der Waals surface area contributed by atoms with Crippen molar-refractivity contribution in [3.05, 3.63) is 35.1 Å². The lowest BCUT2D eigenvalue weighted by molar-refractivity contribution is -0.141. The molecule has 0 radical (unpaired) electrons. The number of thiophene rings is 1. The summed E-state index contributed by atoms with van der Waals surface area (Å²) in [6.45, 7) is 3.11. The Morgan fingerprint density at radius 1 is 1.33 bits per heavy atom. The number of piperidine rings is 1. The molecule has 4 rings (SSSR count). The second kappa shape index (κ2) is 6.89. The summed E-state index contributed by atoms with van der Waals surface area (Å²) in [6, 6.07) is 4.54. The Bertz CT molecular complexity index is 837. The molecule has 144 valence electrons. The Hall–Kier alpha value is -1.96. The van der Waals surface area contributed by atoms with Gasteiger partial charge in [0, 0.05) is 24.9 Å². The van der Waals surface area contributed by atoms with Crippen LogP contribution in [0.15, 0.2) is 23.6 Å². The number of hydrogen-bond acceptors (Lipinski definition) is 4. The maximum absolute atomic E-state index is 13.4. The fraction of sp³-hybridized carbons (Fsp3) is 0.526. The van der Waals surface area contributed by atoms with Gasteiger partial charge in [-0.1, -0.05) is 13.0 Å². The number of amides is 1. The van der Waals surface area contributed by atoms with E-state index in [9.17, 15) is 18.0 Å². The summed E-state index contributed by atoms with van der Waals surface area (Å²) >= 11 is 1.35. The number of rotatable bonds is 3. The van der Waals surface area contributed by atoms with Crippen molar-refractivity contribution in [2.75, 3.05) is 13.1 Å². The zero-order valence-electron chi connectivity index (χ0n) is 14.9. The van der Waals surface area contributed by atoms with Gasteiger partial charge in [-0.2, -0.15) is 13.2 Å². The van der Waals surface area contributed by atoms with Crippen molar-refractivity contribution in [2.24, 2.45) is 11.8 Å². The van der Waals surface area contributed by atoms with Crippen LogP contribution in [0.25, 0.3) is 10.6 Å². The minimum absolute atomic E-state index is 0.0767. The zero-order chi connectivity index (χ0) is 19.2. The quantitative estimate of drug-likeness (QED) is 0.764. The van der Waals surface area contributed by atoms with Crippen LogP contribution in [0.1, 0.15) is 43.6 Å². The van der Waals surface area contributed by atoms with E-state index in [2.05, 4.69) is 9.97 Å². The molecule has 0 aromatic carbocycles. The van der Waals surface area contributed by atoms with Crippen LogP contribution in [-0.2, 0) is 11.0 Å². The van der Waals surface area contributed by atoms with Crippen molar-refractivity contribution in [3.63, 3.8) is 0 Å². The van der Waals surface area contributed by atoms with E-state index in [1.807, 2.05) is 12.3 Å². The van der Waals surface area contributed by atoms with Gasteiger partial charge in [-0.15, -0.1) is 11.3 Å². The van der Waals surface area contributed by atoms with E-state index in [0.29, 0.717) is 36.0 Å². The Labute approximate surface area is 159 Å². The van der Waals surface area contributed by atoms with Crippen molar-refractivity contribution >= 4 is 17.2 Å². The first kappa shape index (κ1) is 18.4. The van der Waals surface area contributed by atoms with E-state index in [1.54, 1.807) is 17.0 Å². The van der Waals surface area contributed by atoms with Crippen LogP contribution >= 0.6 is 11.3 Å². The molecule has 0 bridgehead atoms. The molecule has 1 saturated heterocycles. The maximum Gasteiger partial charge on any atom is 0.433 e. The van der Waals surface area contributed by atoms with E-state index in [-0.39, 0.29) is 23.6 Å². The number of hydrogen-bond donors (Lipinski definition) is 0. The highest BCUT2D eigenvalue weighted by atomic mass is 32.1. The summed E-state index contributed by atoms with van der Waals surface area (Å²) < 4.78 is 40.1. The summed E-state index contributed by atoms with van der Waals surface area (Å²) in [6.07, 6.45) is -2.18. The Balaban J connectivity index is 1.63. The number of aromatic nitrogens is 2. The normalized spacial score (nSPS) is 25.5. The maximum atomic E-state index is 13.4. The fourth-order valence-corrected chi connectivity index (χ4v) is 4.32. The van der Waals surface area contributed by atoms with Crippen molar-refractivity contribution in [3.8, 4) is 10.6 Å². The molecule has 0 spiro atoms. The van der Waals surface area contributed by atoms with E-state index >= 15 is 0 Å². The third kappa shape index (κ3) is 3.85. The van der Waals surface area contributed by atoms with Crippen LogP contribution in [0.2, 0.25) is 0 Å². The van der Waals surface area contributed by atoms with Gasteiger partial charge in [-0.3, -0.25) is 4.79 Å². The largest absolute Gasteiger partial charge is 0.433 e. The first-order valence-corrected chi connectivity index (χ1v) is 9.99. The molecule has 2 fully saturated rings. The minimum Gasteiger partial charge on any atom is -0.342 e. The van der Waals surface area contributed by atoms with Crippen LogP contribution in [0.3, 0.4) is 0 Å². The monoisotopic (exact) mass is 395 g/mol. The van der Waals surface area contributed by atoms with Gasteiger partial charge in [0.25, 0.3) is 0 Å². The molecular weight excluding hydrogens is 375 g/mol. The van der Waals surface area contributed by atoms with Gasteiger partial charge < -0.3 is 4.90 Å². The molecule has 1 aliphatic heterocycles. The lowest BCUT2D eigenvalue weighted by atomic mass is 9.96. The van der Waals surface area contributed by atoms with Crippen molar-refractivity contribution in [1.82, 2.24) is 14.9 Å². The number of carbonyl (C=O) groups excluding carboxylic acids is 1. The highest BCUT2D eigenvalue weighted by Crippen LogP contribution is 2.40. The Kier molecular flexibility index (Phi) is 4.70. The van der Waals surface area contributed by atoms with Gasteiger partial charge >= 0.3 is 6.18 Å². The average molecular weight is 395 g/mol. The van der Waals surface area contributed by atoms with E-state index in [0.717, 1.165) is 18.9 Å². The van der Waals surface area contributed by atoms with Gasteiger partial charge in [0.05, 0.1) is 10.6 Å². The number of nitrogens with zero attached hydrogens (tertiary/aromatic N) is 3. The fourth-order valence-electron chi connectivity index (χ4n) is 3.63. The number of halogens is 3. The minimum atomic E-state index is -4.53. The zero-order valence-corrected chi connectivity index (χ0v) is 15.7. The summed E-state index contributed by atoms with van der Waals surface area (Å²) in [5, 5.41) is 1.81. The van der Waals surface area contributed by atoms with Crippen LogP contribution in [-0.4, -0.2) is 33.9 Å². The molecule has 8 heteroatoms. The molecule has 1 amide bonds. The van der Waals surface area contributed by atoms with Gasteiger partial charge in [0.15, 0.2) is 0 Å². The number of carbonyl (C=O) groups is 1. The second-order valence-corrected chi connectivity index (χ2v) is 8.36.